The third-order valence-electron chi connectivity index (χ3n) is 2.24. The highest BCUT2D eigenvalue weighted by molar-refractivity contribution is 5.74. The number of ether oxygens (including phenoxy) is 1. The molecule has 4 heteroatoms. The van der Waals surface area contributed by atoms with Gasteiger partial charge < -0.3 is 15.8 Å². The van der Waals surface area contributed by atoms with Crippen LogP contribution in [0.2, 0.25) is 0 Å². The van der Waals surface area contributed by atoms with Crippen molar-refractivity contribution in [1.82, 2.24) is 5.32 Å². The highest BCUT2D eigenvalue weighted by Crippen LogP contribution is 2.17. The molecule has 0 amide bonds. The zero-order chi connectivity index (χ0) is 10.8. The molecule has 0 aliphatic carbocycles. The van der Waals surface area contributed by atoms with Gasteiger partial charge in [-0.2, -0.15) is 0 Å². The summed E-state index contributed by atoms with van der Waals surface area (Å²) in [6.07, 6.45) is 0.774. The molecule has 1 saturated heterocycles. The molecule has 4 nitrogen and oxygen atoms in total. The molecule has 1 aliphatic rings. The van der Waals surface area contributed by atoms with Crippen molar-refractivity contribution in [2.75, 3.05) is 13.1 Å². The minimum atomic E-state index is -0.415. The second-order valence-electron chi connectivity index (χ2n) is 4.80. The van der Waals surface area contributed by atoms with E-state index in [4.69, 9.17) is 10.5 Å². The predicted octanol–water partition coefficient (Wildman–Crippen LogP) is 0.265. The molecule has 1 fully saturated rings. The molecule has 0 aromatic rings. The van der Waals surface area contributed by atoms with Crippen LogP contribution in [0.1, 0.15) is 27.2 Å². The molecule has 0 spiro atoms. The van der Waals surface area contributed by atoms with Crippen LogP contribution in [0.15, 0.2) is 0 Å². The molecule has 0 aromatic carbocycles. The fourth-order valence-corrected chi connectivity index (χ4v) is 1.55. The summed E-state index contributed by atoms with van der Waals surface area (Å²) in [5, 5.41) is 3.15. The molecule has 14 heavy (non-hydrogen) atoms. The summed E-state index contributed by atoms with van der Waals surface area (Å²) >= 11 is 0. The van der Waals surface area contributed by atoms with Crippen LogP contribution in [0.5, 0.6) is 0 Å². The first-order valence-corrected chi connectivity index (χ1v) is 5.09. The number of hydrogen-bond donors (Lipinski definition) is 2. The molecule has 1 aliphatic heterocycles. The van der Waals surface area contributed by atoms with Gasteiger partial charge in [-0.3, -0.25) is 4.79 Å². The van der Waals surface area contributed by atoms with E-state index < -0.39 is 5.60 Å². The van der Waals surface area contributed by atoms with Gasteiger partial charge in [0.1, 0.15) is 5.60 Å². The van der Waals surface area contributed by atoms with Gasteiger partial charge >= 0.3 is 5.97 Å². The number of hydrogen-bond acceptors (Lipinski definition) is 4. The van der Waals surface area contributed by atoms with E-state index in [1.54, 1.807) is 0 Å². The quantitative estimate of drug-likeness (QED) is 0.596. The van der Waals surface area contributed by atoms with Gasteiger partial charge in [0.25, 0.3) is 0 Å². The Morgan fingerprint density at radius 2 is 2.14 bits per heavy atom. The Bertz CT molecular complexity index is 211. The van der Waals surface area contributed by atoms with Gasteiger partial charge in [-0.1, -0.05) is 0 Å². The zero-order valence-corrected chi connectivity index (χ0v) is 9.17. The van der Waals surface area contributed by atoms with Crippen molar-refractivity contribution < 1.29 is 9.53 Å². The molecule has 82 valence electrons. The van der Waals surface area contributed by atoms with Gasteiger partial charge in [0.05, 0.1) is 5.92 Å². The summed E-state index contributed by atoms with van der Waals surface area (Å²) in [6.45, 7) is 7.16. The first-order chi connectivity index (χ1) is 6.40. The summed E-state index contributed by atoms with van der Waals surface area (Å²) < 4.78 is 5.30. The van der Waals surface area contributed by atoms with Crippen LogP contribution in [0.25, 0.3) is 0 Å². The number of rotatable bonds is 1. The first-order valence-electron chi connectivity index (χ1n) is 5.09. The van der Waals surface area contributed by atoms with Crippen molar-refractivity contribution >= 4 is 5.97 Å². The Hall–Kier alpha value is -0.610. The summed E-state index contributed by atoms with van der Waals surface area (Å²) in [5.74, 6) is -0.304. The van der Waals surface area contributed by atoms with Gasteiger partial charge in [-0.15, -0.1) is 0 Å². The molecule has 3 N–H and O–H groups in total. The Morgan fingerprint density at radius 1 is 1.50 bits per heavy atom. The zero-order valence-electron chi connectivity index (χ0n) is 9.17. The predicted molar refractivity (Wildman–Crippen MR) is 54.8 cm³/mol. The first kappa shape index (κ1) is 11.5. The van der Waals surface area contributed by atoms with Gasteiger partial charge in [-0.25, -0.2) is 0 Å². The summed E-state index contributed by atoms with van der Waals surface area (Å²) in [5.41, 5.74) is 5.42. The SMILES string of the molecule is CC(C)(C)OC(=O)[C@@H]1CCNC[C@@H]1N. The molecule has 0 aromatic heterocycles. The molecule has 2 atom stereocenters. The largest absolute Gasteiger partial charge is 0.460 e. The standard InChI is InChI=1S/C10H20N2O2/c1-10(2,3)14-9(13)7-4-5-12-6-8(7)11/h7-8,12H,4-6,11H2,1-3H3/t7-,8+/m1/s1. The number of nitrogens with two attached hydrogens (primary N) is 1. The Kier molecular flexibility index (Phi) is 3.50. The maximum absolute atomic E-state index is 11.7. The van der Waals surface area contributed by atoms with Crippen LogP contribution < -0.4 is 11.1 Å². The Balaban J connectivity index is 2.50. The van der Waals surface area contributed by atoms with E-state index in [9.17, 15) is 4.79 Å². The number of piperidine rings is 1. The Morgan fingerprint density at radius 3 is 2.64 bits per heavy atom. The van der Waals surface area contributed by atoms with E-state index >= 15 is 0 Å². The van der Waals surface area contributed by atoms with Crippen LogP contribution in [-0.2, 0) is 9.53 Å². The van der Waals surface area contributed by atoms with Crippen molar-refractivity contribution in [3.05, 3.63) is 0 Å². The summed E-state index contributed by atoms with van der Waals surface area (Å²) in [7, 11) is 0. The highest BCUT2D eigenvalue weighted by Gasteiger charge is 2.31. The van der Waals surface area contributed by atoms with E-state index in [0.29, 0.717) is 6.54 Å². The van der Waals surface area contributed by atoms with Crippen LogP contribution in [0.3, 0.4) is 0 Å². The van der Waals surface area contributed by atoms with Gasteiger partial charge in [0.2, 0.25) is 0 Å². The normalized spacial score (nSPS) is 28.6. The number of carbonyl (C=O) groups excluding carboxylic acids is 1. The molecule has 0 saturated carbocycles. The fraction of sp³-hybridized carbons (Fsp3) is 0.900. The monoisotopic (exact) mass is 200 g/mol. The summed E-state index contributed by atoms with van der Waals surface area (Å²) in [4.78, 5) is 11.7. The second-order valence-corrected chi connectivity index (χ2v) is 4.80. The minimum absolute atomic E-state index is 0.112. The lowest BCUT2D eigenvalue weighted by atomic mass is 9.93. The topological polar surface area (TPSA) is 64.3 Å². The summed E-state index contributed by atoms with van der Waals surface area (Å²) in [6, 6.07) is -0.112. The lowest BCUT2D eigenvalue weighted by Gasteiger charge is -2.30. The molecule has 0 radical (unpaired) electrons. The van der Waals surface area contributed by atoms with Crippen molar-refractivity contribution in [3.63, 3.8) is 0 Å². The van der Waals surface area contributed by atoms with E-state index in [0.717, 1.165) is 13.0 Å². The van der Waals surface area contributed by atoms with Gasteiger partial charge in [0.15, 0.2) is 0 Å². The number of esters is 1. The average molecular weight is 200 g/mol. The maximum Gasteiger partial charge on any atom is 0.311 e. The second kappa shape index (κ2) is 4.28. The molecule has 1 rings (SSSR count). The van der Waals surface area contributed by atoms with E-state index in [2.05, 4.69) is 5.32 Å². The lowest BCUT2D eigenvalue weighted by Crippen LogP contribution is -2.50. The molecular formula is C10H20N2O2. The number of nitrogens with one attached hydrogen (secondary N) is 1. The fourth-order valence-electron chi connectivity index (χ4n) is 1.55. The van der Waals surface area contributed by atoms with E-state index in [1.165, 1.54) is 0 Å². The van der Waals surface area contributed by atoms with Crippen LogP contribution >= 0.6 is 0 Å². The van der Waals surface area contributed by atoms with Crippen molar-refractivity contribution in [2.45, 2.75) is 38.8 Å². The third-order valence-corrected chi connectivity index (χ3v) is 2.24. The minimum Gasteiger partial charge on any atom is -0.460 e. The maximum atomic E-state index is 11.7. The average Bonchev–Trinajstić information content (AvgIpc) is 2.01. The van der Waals surface area contributed by atoms with Gasteiger partial charge in [-0.05, 0) is 33.7 Å². The highest BCUT2D eigenvalue weighted by atomic mass is 16.6. The molecule has 1 heterocycles. The smallest absolute Gasteiger partial charge is 0.311 e. The van der Waals surface area contributed by atoms with Crippen molar-refractivity contribution in [3.8, 4) is 0 Å². The van der Waals surface area contributed by atoms with Crippen LogP contribution in [-0.4, -0.2) is 30.7 Å². The molecular weight excluding hydrogens is 180 g/mol. The van der Waals surface area contributed by atoms with E-state index in [-0.39, 0.29) is 17.9 Å². The Labute approximate surface area is 85.2 Å². The van der Waals surface area contributed by atoms with E-state index in [1.807, 2.05) is 20.8 Å². The van der Waals surface area contributed by atoms with Crippen LogP contribution in [0, 0.1) is 5.92 Å². The molecule has 0 unspecified atom stereocenters. The third kappa shape index (κ3) is 3.27. The van der Waals surface area contributed by atoms with Crippen molar-refractivity contribution in [1.29, 1.82) is 0 Å². The molecule has 0 bridgehead atoms. The number of carbonyl (C=O) groups is 1. The van der Waals surface area contributed by atoms with Crippen molar-refractivity contribution in [2.24, 2.45) is 11.7 Å². The van der Waals surface area contributed by atoms with Crippen LogP contribution in [0.4, 0.5) is 0 Å². The van der Waals surface area contributed by atoms with Gasteiger partial charge in [0, 0.05) is 12.6 Å². The lowest BCUT2D eigenvalue weighted by molar-refractivity contribution is -0.161.